The summed E-state index contributed by atoms with van der Waals surface area (Å²) >= 11 is 3.12. The first-order valence-corrected chi connectivity index (χ1v) is 10.7. The van der Waals surface area contributed by atoms with E-state index < -0.39 is 63.7 Å². The van der Waals surface area contributed by atoms with E-state index in [-0.39, 0.29) is 33.7 Å². The van der Waals surface area contributed by atoms with Crippen molar-refractivity contribution in [2.24, 2.45) is 0 Å². The van der Waals surface area contributed by atoms with Crippen LogP contribution in [0.3, 0.4) is 0 Å². The maximum absolute atomic E-state index is 14.4. The normalized spacial score (nSPS) is 11.2. The van der Waals surface area contributed by atoms with E-state index in [1.54, 1.807) is 0 Å². The van der Waals surface area contributed by atoms with E-state index in [2.05, 4.69) is 26.2 Å². The van der Waals surface area contributed by atoms with Crippen molar-refractivity contribution in [2.75, 3.05) is 19.5 Å². The highest BCUT2D eigenvalue weighted by Crippen LogP contribution is 2.41. The average Bonchev–Trinajstić information content (AvgIpc) is 2.81. The minimum Gasteiger partial charge on any atom is -0.490 e. The minimum absolute atomic E-state index is 0.00164. The molecule has 0 atom stereocenters. The standard InChI is InChI=1S/C23H15BrF6N2O5/c1-9(33)17-14(8-31-22(36-3)18(17)24)32-21(34)10-6-13(26)11(23(28,29)30)7-16(10)37-15-5-4-12(25)19(27)20(15)35-2/h4-8H,1-3H3,(H,32,34). The number of methoxy groups -OCH3 is 2. The summed E-state index contributed by atoms with van der Waals surface area (Å²) in [5, 5.41) is 2.26. The van der Waals surface area contributed by atoms with E-state index in [0.29, 0.717) is 6.07 Å². The fourth-order valence-corrected chi connectivity index (χ4v) is 3.93. The SMILES string of the molecule is COc1ncc(NC(=O)c2cc(F)c(C(F)(F)F)cc2Oc2ccc(F)c(F)c2OC)c(C(C)=O)c1Br. The van der Waals surface area contributed by atoms with Crippen molar-refractivity contribution in [1.82, 2.24) is 4.98 Å². The fourth-order valence-electron chi connectivity index (χ4n) is 3.18. The van der Waals surface area contributed by atoms with Crippen molar-refractivity contribution in [1.29, 1.82) is 0 Å². The first kappa shape index (κ1) is 27.8. The molecule has 0 aliphatic heterocycles. The van der Waals surface area contributed by atoms with Gasteiger partial charge in [0, 0.05) is 0 Å². The van der Waals surface area contributed by atoms with Crippen molar-refractivity contribution < 1.29 is 50.1 Å². The summed E-state index contributed by atoms with van der Waals surface area (Å²) in [4.78, 5) is 29.1. The second-order valence-electron chi connectivity index (χ2n) is 7.20. The fraction of sp³-hybridized carbons (Fsp3) is 0.174. The third kappa shape index (κ3) is 5.63. The number of carbonyl (C=O) groups excluding carboxylic acids is 2. The molecule has 196 valence electrons. The molecular weight excluding hydrogens is 578 g/mol. The average molecular weight is 593 g/mol. The Labute approximate surface area is 213 Å². The Hall–Kier alpha value is -3.81. The minimum atomic E-state index is -5.19. The number of anilines is 1. The highest BCUT2D eigenvalue weighted by atomic mass is 79.9. The smallest absolute Gasteiger partial charge is 0.419 e. The summed E-state index contributed by atoms with van der Waals surface area (Å²) in [5.74, 6) is -8.73. The third-order valence-electron chi connectivity index (χ3n) is 4.84. The molecule has 1 aromatic heterocycles. The van der Waals surface area contributed by atoms with Crippen LogP contribution in [0.15, 0.2) is 34.9 Å². The molecule has 37 heavy (non-hydrogen) atoms. The highest BCUT2D eigenvalue weighted by Gasteiger charge is 2.36. The number of hydrogen-bond acceptors (Lipinski definition) is 6. The Morgan fingerprint density at radius 1 is 1.00 bits per heavy atom. The molecule has 0 saturated heterocycles. The molecule has 0 saturated carbocycles. The molecule has 7 nitrogen and oxygen atoms in total. The second-order valence-corrected chi connectivity index (χ2v) is 7.99. The Bertz CT molecular complexity index is 1400. The molecule has 1 N–H and O–H groups in total. The lowest BCUT2D eigenvalue weighted by Gasteiger charge is -2.18. The number of benzene rings is 2. The van der Waals surface area contributed by atoms with Gasteiger partial charge in [0.15, 0.2) is 17.3 Å². The number of rotatable bonds is 7. The molecule has 0 aliphatic rings. The first-order valence-electron chi connectivity index (χ1n) is 9.95. The van der Waals surface area contributed by atoms with Crippen molar-refractivity contribution >= 4 is 33.3 Å². The number of pyridine rings is 1. The number of nitrogens with one attached hydrogen (secondary N) is 1. The van der Waals surface area contributed by atoms with E-state index in [0.717, 1.165) is 26.3 Å². The van der Waals surface area contributed by atoms with Crippen LogP contribution in [0, 0.1) is 17.5 Å². The largest absolute Gasteiger partial charge is 0.490 e. The van der Waals surface area contributed by atoms with E-state index in [4.69, 9.17) is 14.2 Å². The van der Waals surface area contributed by atoms with E-state index >= 15 is 0 Å². The van der Waals surface area contributed by atoms with Gasteiger partial charge in [0.1, 0.15) is 11.6 Å². The van der Waals surface area contributed by atoms with Gasteiger partial charge in [0.25, 0.3) is 5.91 Å². The predicted molar refractivity (Wildman–Crippen MR) is 121 cm³/mol. The van der Waals surface area contributed by atoms with Crippen LogP contribution in [0.1, 0.15) is 33.2 Å². The van der Waals surface area contributed by atoms with Crippen LogP contribution in [0.5, 0.6) is 23.1 Å². The summed E-state index contributed by atoms with van der Waals surface area (Å²) in [7, 11) is 2.22. The van der Waals surface area contributed by atoms with Gasteiger partial charge in [-0.15, -0.1) is 0 Å². The predicted octanol–water partition coefficient (Wildman–Crippen LogP) is 6.54. The molecule has 0 bridgehead atoms. The van der Waals surface area contributed by atoms with Crippen molar-refractivity contribution in [3.63, 3.8) is 0 Å². The van der Waals surface area contributed by atoms with Crippen molar-refractivity contribution in [3.05, 3.63) is 69.1 Å². The lowest BCUT2D eigenvalue weighted by molar-refractivity contribution is -0.140. The first-order chi connectivity index (χ1) is 17.3. The van der Waals surface area contributed by atoms with Gasteiger partial charge in [0.05, 0.1) is 47.3 Å². The van der Waals surface area contributed by atoms with Gasteiger partial charge >= 0.3 is 6.18 Å². The van der Waals surface area contributed by atoms with Crippen molar-refractivity contribution in [2.45, 2.75) is 13.1 Å². The summed E-state index contributed by atoms with van der Waals surface area (Å²) in [6.45, 7) is 1.16. The molecular formula is C23H15BrF6N2O5. The molecule has 14 heteroatoms. The Balaban J connectivity index is 2.15. The maximum Gasteiger partial charge on any atom is 0.419 e. The van der Waals surface area contributed by atoms with Crippen LogP contribution >= 0.6 is 15.9 Å². The van der Waals surface area contributed by atoms with Crippen LogP contribution in [0.25, 0.3) is 0 Å². The maximum atomic E-state index is 14.4. The number of alkyl halides is 3. The molecule has 0 unspecified atom stereocenters. The van der Waals surface area contributed by atoms with Gasteiger partial charge in [-0.05, 0) is 47.1 Å². The summed E-state index contributed by atoms with van der Waals surface area (Å²) in [5.41, 5.74) is -2.86. The second kappa shape index (κ2) is 10.7. The van der Waals surface area contributed by atoms with E-state index in [9.17, 15) is 35.9 Å². The number of amides is 1. The van der Waals surface area contributed by atoms with Gasteiger partial charge in [-0.1, -0.05) is 0 Å². The Morgan fingerprint density at radius 3 is 2.24 bits per heavy atom. The zero-order valence-corrected chi connectivity index (χ0v) is 20.6. The molecule has 1 heterocycles. The summed E-state index contributed by atoms with van der Waals surface area (Å²) < 4.78 is 97.3. The summed E-state index contributed by atoms with van der Waals surface area (Å²) in [6, 6.07) is 1.88. The van der Waals surface area contributed by atoms with E-state index in [1.165, 1.54) is 7.11 Å². The zero-order valence-electron chi connectivity index (χ0n) is 19.0. The summed E-state index contributed by atoms with van der Waals surface area (Å²) in [6.07, 6.45) is -4.15. The number of halogens is 7. The van der Waals surface area contributed by atoms with Crippen LogP contribution in [0.4, 0.5) is 32.0 Å². The van der Waals surface area contributed by atoms with Crippen LogP contribution in [0.2, 0.25) is 0 Å². The quantitative estimate of drug-likeness (QED) is 0.247. The van der Waals surface area contributed by atoms with Gasteiger partial charge in [-0.25, -0.2) is 13.8 Å². The lowest BCUT2D eigenvalue weighted by atomic mass is 10.1. The molecule has 0 aliphatic carbocycles. The molecule has 1 amide bonds. The van der Waals surface area contributed by atoms with Gasteiger partial charge in [-0.2, -0.15) is 17.6 Å². The van der Waals surface area contributed by atoms with Crippen molar-refractivity contribution in [3.8, 4) is 23.1 Å². The molecule has 2 aromatic carbocycles. The molecule has 0 radical (unpaired) electrons. The van der Waals surface area contributed by atoms with Crippen LogP contribution in [-0.2, 0) is 6.18 Å². The monoisotopic (exact) mass is 592 g/mol. The number of carbonyl (C=O) groups is 2. The van der Waals surface area contributed by atoms with Gasteiger partial charge in [-0.3, -0.25) is 9.59 Å². The van der Waals surface area contributed by atoms with Crippen LogP contribution in [-0.4, -0.2) is 30.9 Å². The topological polar surface area (TPSA) is 86.8 Å². The van der Waals surface area contributed by atoms with E-state index in [1.807, 2.05) is 0 Å². The molecule has 3 aromatic rings. The number of nitrogens with zero attached hydrogens (tertiary/aromatic N) is 1. The van der Waals surface area contributed by atoms with Crippen LogP contribution < -0.4 is 19.5 Å². The molecule has 3 rings (SSSR count). The number of ether oxygens (including phenoxy) is 3. The molecule has 0 spiro atoms. The van der Waals surface area contributed by atoms with Gasteiger partial charge < -0.3 is 19.5 Å². The number of ketones is 1. The Kier molecular flexibility index (Phi) is 8.00. The Morgan fingerprint density at radius 2 is 1.68 bits per heavy atom. The number of aromatic nitrogens is 1. The van der Waals surface area contributed by atoms with Gasteiger partial charge in [0.2, 0.25) is 17.4 Å². The third-order valence-corrected chi connectivity index (χ3v) is 5.57. The molecule has 0 fully saturated rings. The lowest BCUT2D eigenvalue weighted by Crippen LogP contribution is -2.18. The number of Topliss-reactive ketones (excluding diaryl/α,β-unsaturated/α-hetero) is 1. The zero-order chi connectivity index (χ0) is 27.7. The highest BCUT2D eigenvalue weighted by molar-refractivity contribution is 9.10. The number of hydrogen-bond donors (Lipinski definition) is 1.